The molecule has 4 rings (SSSR count). The zero-order valence-corrected chi connectivity index (χ0v) is 15.2. The van der Waals surface area contributed by atoms with E-state index in [0.29, 0.717) is 35.6 Å². The van der Waals surface area contributed by atoms with E-state index in [9.17, 15) is 19.2 Å². The first-order valence-electron chi connectivity index (χ1n) is 9.21. The van der Waals surface area contributed by atoms with Crippen molar-refractivity contribution < 1.29 is 19.2 Å². The van der Waals surface area contributed by atoms with Crippen molar-refractivity contribution in [2.24, 2.45) is 0 Å². The summed E-state index contributed by atoms with van der Waals surface area (Å²) in [5, 5.41) is 2.85. The fourth-order valence-corrected chi connectivity index (χ4v) is 3.54. The summed E-state index contributed by atoms with van der Waals surface area (Å²) in [5.74, 6) is -0.742. The van der Waals surface area contributed by atoms with Gasteiger partial charge in [-0.05, 0) is 42.8 Å². The van der Waals surface area contributed by atoms with Gasteiger partial charge in [0.05, 0.1) is 17.1 Å². The van der Waals surface area contributed by atoms with E-state index in [0.717, 1.165) is 11.3 Å². The molecule has 2 saturated heterocycles. The molecule has 4 amide bonds. The first kappa shape index (κ1) is 17.9. The molecule has 1 N–H and O–H groups in total. The number of hydrogen-bond acceptors (Lipinski definition) is 4. The summed E-state index contributed by atoms with van der Waals surface area (Å²) in [4.78, 5) is 51.2. The maximum absolute atomic E-state index is 12.7. The maximum atomic E-state index is 12.7. The van der Waals surface area contributed by atoms with Crippen molar-refractivity contribution in [2.75, 3.05) is 21.7 Å². The SMILES string of the molecule is O=C(Nc1ccccc1N1CCCC1=O)c1ccc(N2C(=O)CCC2=O)cc1. The minimum Gasteiger partial charge on any atom is -0.320 e. The number of nitrogens with one attached hydrogen (secondary N) is 1. The van der Waals surface area contributed by atoms with Crippen LogP contribution in [0.3, 0.4) is 0 Å². The molecule has 0 radical (unpaired) electrons. The van der Waals surface area contributed by atoms with E-state index in [-0.39, 0.29) is 36.5 Å². The van der Waals surface area contributed by atoms with Crippen LogP contribution in [0.25, 0.3) is 0 Å². The lowest BCUT2D eigenvalue weighted by Crippen LogP contribution is -2.28. The van der Waals surface area contributed by atoms with E-state index in [1.165, 1.54) is 0 Å². The van der Waals surface area contributed by atoms with Gasteiger partial charge in [0.15, 0.2) is 0 Å². The summed E-state index contributed by atoms with van der Waals surface area (Å²) in [5.41, 5.74) is 2.11. The molecule has 0 bridgehead atoms. The normalized spacial score (nSPS) is 16.8. The smallest absolute Gasteiger partial charge is 0.255 e. The molecular weight excluding hydrogens is 358 g/mol. The van der Waals surface area contributed by atoms with Crippen LogP contribution in [0.4, 0.5) is 17.1 Å². The molecular formula is C21H19N3O4. The number of benzene rings is 2. The van der Waals surface area contributed by atoms with Gasteiger partial charge in [-0.15, -0.1) is 0 Å². The standard InChI is InChI=1S/C21H19N3O4/c25-18-6-3-13-23(18)17-5-2-1-4-16(17)22-21(28)14-7-9-15(10-8-14)24-19(26)11-12-20(24)27/h1-2,4-5,7-10H,3,6,11-13H2,(H,22,28). The molecule has 2 heterocycles. The predicted molar refractivity (Wildman–Crippen MR) is 104 cm³/mol. The Kier molecular flexibility index (Phi) is 4.65. The van der Waals surface area contributed by atoms with E-state index in [1.807, 2.05) is 12.1 Å². The highest BCUT2D eigenvalue weighted by molar-refractivity contribution is 6.20. The average Bonchev–Trinajstić information content (AvgIpc) is 3.27. The van der Waals surface area contributed by atoms with Crippen LogP contribution in [-0.2, 0) is 14.4 Å². The van der Waals surface area contributed by atoms with Crippen molar-refractivity contribution in [3.63, 3.8) is 0 Å². The van der Waals surface area contributed by atoms with Gasteiger partial charge in [0.2, 0.25) is 17.7 Å². The number of carbonyl (C=O) groups is 4. The van der Waals surface area contributed by atoms with E-state index < -0.39 is 0 Å². The minimum absolute atomic E-state index is 0.0472. The predicted octanol–water partition coefficient (Wildman–Crippen LogP) is 2.72. The molecule has 7 heteroatoms. The van der Waals surface area contributed by atoms with Crippen LogP contribution >= 0.6 is 0 Å². The summed E-state index contributed by atoms with van der Waals surface area (Å²) >= 11 is 0. The van der Waals surface area contributed by atoms with Crippen LogP contribution in [0.2, 0.25) is 0 Å². The van der Waals surface area contributed by atoms with Crippen LogP contribution < -0.4 is 15.1 Å². The highest BCUT2D eigenvalue weighted by atomic mass is 16.2. The van der Waals surface area contributed by atoms with Gasteiger partial charge >= 0.3 is 0 Å². The second-order valence-electron chi connectivity index (χ2n) is 6.79. The van der Waals surface area contributed by atoms with Gasteiger partial charge in [-0.2, -0.15) is 0 Å². The van der Waals surface area contributed by atoms with Crippen LogP contribution in [0.1, 0.15) is 36.0 Å². The van der Waals surface area contributed by atoms with Gasteiger partial charge < -0.3 is 10.2 Å². The van der Waals surface area contributed by atoms with Crippen molar-refractivity contribution >= 4 is 40.7 Å². The van der Waals surface area contributed by atoms with E-state index in [2.05, 4.69) is 5.32 Å². The second kappa shape index (κ2) is 7.26. The molecule has 2 aromatic carbocycles. The quantitative estimate of drug-likeness (QED) is 0.830. The zero-order chi connectivity index (χ0) is 19.7. The first-order valence-corrected chi connectivity index (χ1v) is 9.21. The Morgan fingerprint density at radius 3 is 2.14 bits per heavy atom. The number of amides is 4. The largest absolute Gasteiger partial charge is 0.320 e. The Bertz CT molecular complexity index is 952. The van der Waals surface area contributed by atoms with Gasteiger partial charge in [-0.3, -0.25) is 24.1 Å². The minimum atomic E-state index is -0.329. The van der Waals surface area contributed by atoms with Gasteiger partial charge in [-0.25, -0.2) is 0 Å². The van der Waals surface area contributed by atoms with Crippen molar-refractivity contribution in [1.29, 1.82) is 0 Å². The third-order valence-electron chi connectivity index (χ3n) is 4.96. The molecule has 0 aliphatic carbocycles. The topological polar surface area (TPSA) is 86.8 Å². The Morgan fingerprint density at radius 1 is 0.821 bits per heavy atom. The Hall–Kier alpha value is -3.48. The highest BCUT2D eigenvalue weighted by Gasteiger charge is 2.30. The van der Waals surface area contributed by atoms with Crippen LogP contribution in [0.15, 0.2) is 48.5 Å². The van der Waals surface area contributed by atoms with Crippen molar-refractivity contribution in [1.82, 2.24) is 0 Å². The molecule has 7 nitrogen and oxygen atoms in total. The van der Waals surface area contributed by atoms with Crippen LogP contribution in [-0.4, -0.2) is 30.2 Å². The Labute approximate surface area is 161 Å². The van der Waals surface area contributed by atoms with E-state index >= 15 is 0 Å². The number of rotatable bonds is 4. The lowest BCUT2D eigenvalue weighted by atomic mass is 10.1. The van der Waals surface area contributed by atoms with E-state index in [4.69, 9.17) is 0 Å². The van der Waals surface area contributed by atoms with Crippen molar-refractivity contribution in [3.8, 4) is 0 Å². The van der Waals surface area contributed by atoms with Crippen molar-refractivity contribution in [2.45, 2.75) is 25.7 Å². The van der Waals surface area contributed by atoms with Gasteiger partial charge in [0.25, 0.3) is 5.91 Å². The molecule has 0 spiro atoms. The third-order valence-corrected chi connectivity index (χ3v) is 4.96. The molecule has 0 unspecified atom stereocenters. The summed E-state index contributed by atoms with van der Waals surface area (Å²) in [6.07, 6.45) is 1.74. The number of hydrogen-bond donors (Lipinski definition) is 1. The molecule has 28 heavy (non-hydrogen) atoms. The third kappa shape index (κ3) is 3.26. The van der Waals surface area contributed by atoms with Gasteiger partial charge in [-0.1, -0.05) is 12.1 Å². The molecule has 0 aromatic heterocycles. The van der Waals surface area contributed by atoms with Crippen LogP contribution in [0, 0.1) is 0 Å². The molecule has 0 saturated carbocycles. The Balaban J connectivity index is 1.53. The zero-order valence-electron chi connectivity index (χ0n) is 15.2. The average molecular weight is 377 g/mol. The second-order valence-corrected chi connectivity index (χ2v) is 6.79. The van der Waals surface area contributed by atoms with E-state index in [1.54, 1.807) is 41.3 Å². The summed E-state index contributed by atoms with van der Waals surface area (Å²) < 4.78 is 0. The first-order chi connectivity index (χ1) is 13.5. The molecule has 0 atom stereocenters. The van der Waals surface area contributed by atoms with Gasteiger partial charge in [0.1, 0.15) is 0 Å². The fourth-order valence-electron chi connectivity index (χ4n) is 3.54. The van der Waals surface area contributed by atoms with Gasteiger partial charge in [0, 0.05) is 31.4 Å². The molecule has 2 aliphatic heterocycles. The molecule has 2 aromatic rings. The number of para-hydroxylation sites is 2. The molecule has 2 aliphatic rings. The number of imide groups is 1. The van der Waals surface area contributed by atoms with Crippen LogP contribution in [0.5, 0.6) is 0 Å². The van der Waals surface area contributed by atoms with Crippen molar-refractivity contribution in [3.05, 3.63) is 54.1 Å². The molecule has 2 fully saturated rings. The fraction of sp³-hybridized carbons (Fsp3) is 0.238. The molecule has 142 valence electrons. The lowest BCUT2D eigenvalue weighted by molar-refractivity contribution is -0.121. The summed E-state index contributed by atoms with van der Waals surface area (Å²) in [6, 6.07) is 13.5. The highest BCUT2D eigenvalue weighted by Crippen LogP contribution is 2.30. The number of anilines is 3. The summed E-state index contributed by atoms with van der Waals surface area (Å²) in [7, 11) is 0. The number of carbonyl (C=O) groups excluding carboxylic acids is 4. The maximum Gasteiger partial charge on any atom is 0.255 e. The summed E-state index contributed by atoms with van der Waals surface area (Å²) in [6.45, 7) is 0.637. The monoisotopic (exact) mass is 377 g/mol. The lowest BCUT2D eigenvalue weighted by Gasteiger charge is -2.20. The number of nitrogens with zero attached hydrogens (tertiary/aromatic N) is 2. The Morgan fingerprint density at radius 2 is 1.50 bits per heavy atom.